The lowest BCUT2D eigenvalue weighted by atomic mass is 10.0. The molecule has 0 aliphatic rings. The molecule has 25 heavy (non-hydrogen) atoms. The van der Waals surface area contributed by atoms with Gasteiger partial charge < -0.3 is 14.8 Å². The Balaban J connectivity index is 2.60. The fraction of sp³-hybridized carbons (Fsp3) is 0.438. The summed E-state index contributed by atoms with van der Waals surface area (Å²) in [5, 5.41) is 2.92. The maximum absolute atomic E-state index is 14.4. The largest absolute Gasteiger partial charge is 0.480 e. The number of nitrogens with zero attached hydrogens (tertiary/aromatic N) is 2. The standard InChI is InChI=1S/C16H18F3N3O3/c1-15(2,14(23)25-5)22-8-6-9-11(10(17)7-8)20-13(16(3,18)19)21-12(9)24-4/h6-7,22H,1-5H3. The van der Waals surface area contributed by atoms with E-state index in [9.17, 15) is 18.0 Å². The minimum Gasteiger partial charge on any atom is -0.480 e. The van der Waals surface area contributed by atoms with E-state index in [1.165, 1.54) is 20.3 Å². The van der Waals surface area contributed by atoms with Gasteiger partial charge in [-0.2, -0.15) is 13.8 Å². The molecule has 0 saturated carbocycles. The minimum atomic E-state index is -3.35. The molecule has 9 heteroatoms. The van der Waals surface area contributed by atoms with E-state index < -0.39 is 29.1 Å². The summed E-state index contributed by atoms with van der Waals surface area (Å²) in [4.78, 5) is 19.0. The predicted octanol–water partition coefficient (Wildman–Crippen LogP) is 3.25. The smallest absolute Gasteiger partial charge is 0.330 e. The van der Waals surface area contributed by atoms with Crippen molar-refractivity contribution in [2.75, 3.05) is 19.5 Å². The molecule has 0 unspecified atom stereocenters. The zero-order valence-electron chi connectivity index (χ0n) is 14.4. The zero-order chi connectivity index (χ0) is 19.0. The average Bonchev–Trinajstić information content (AvgIpc) is 2.51. The van der Waals surface area contributed by atoms with Crippen molar-refractivity contribution < 1.29 is 27.4 Å². The second kappa shape index (κ2) is 6.38. The summed E-state index contributed by atoms with van der Waals surface area (Å²) in [6.07, 6.45) is 0. The molecule has 1 N–H and O–H groups in total. The number of rotatable bonds is 5. The Morgan fingerprint density at radius 1 is 1.16 bits per heavy atom. The number of fused-ring (bicyclic) bond motifs is 1. The molecular weight excluding hydrogens is 339 g/mol. The summed E-state index contributed by atoms with van der Waals surface area (Å²) in [6.45, 7) is 3.71. The first kappa shape index (κ1) is 18.8. The fourth-order valence-electron chi connectivity index (χ4n) is 2.25. The monoisotopic (exact) mass is 357 g/mol. The quantitative estimate of drug-likeness (QED) is 0.828. The Morgan fingerprint density at radius 2 is 1.80 bits per heavy atom. The second-order valence-corrected chi connectivity index (χ2v) is 6.04. The lowest BCUT2D eigenvalue weighted by Crippen LogP contribution is -2.41. The molecule has 0 radical (unpaired) electrons. The van der Waals surface area contributed by atoms with Gasteiger partial charge >= 0.3 is 11.9 Å². The Labute approximate surface area is 142 Å². The maximum Gasteiger partial charge on any atom is 0.330 e. The highest BCUT2D eigenvalue weighted by molar-refractivity contribution is 5.89. The van der Waals surface area contributed by atoms with Gasteiger partial charge in [-0.15, -0.1) is 0 Å². The van der Waals surface area contributed by atoms with Crippen LogP contribution in [0.5, 0.6) is 5.88 Å². The molecule has 2 aromatic rings. The number of esters is 1. The molecule has 6 nitrogen and oxygen atoms in total. The number of benzene rings is 1. The third-order valence-corrected chi connectivity index (χ3v) is 3.46. The van der Waals surface area contributed by atoms with Gasteiger partial charge in [-0.25, -0.2) is 14.2 Å². The van der Waals surface area contributed by atoms with Crippen LogP contribution in [0.4, 0.5) is 18.9 Å². The number of alkyl halides is 2. The topological polar surface area (TPSA) is 73.3 Å². The van der Waals surface area contributed by atoms with Gasteiger partial charge in [0, 0.05) is 12.6 Å². The van der Waals surface area contributed by atoms with Crippen LogP contribution in [0.1, 0.15) is 26.6 Å². The highest BCUT2D eigenvalue weighted by atomic mass is 19.3. The van der Waals surface area contributed by atoms with Crippen LogP contribution in [0, 0.1) is 5.82 Å². The SMILES string of the molecule is COC(=O)C(C)(C)Nc1cc(F)c2nc(C(C)(F)F)nc(OC)c2c1. The summed E-state index contributed by atoms with van der Waals surface area (Å²) >= 11 is 0. The molecule has 0 spiro atoms. The van der Waals surface area contributed by atoms with Crippen LogP contribution in [-0.4, -0.2) is 35.7 Å². The summed E-state index contributed by atoms with van der Waals surface area (Å²) in [6, 6.07) is 2.47. The summed E-state index contributed by atoms with van der Waals surface area (Å²) in [5.41, 5.74) is -1.22. The number of aromatic nitrogens is 2. The number of hydrogen-bond donors (Lipinski definition) is 1. The van der Waals surface area contributed by atoms with E-state index in [4.69, 9.17) is 4.74 Å². The number of carbonyl (C=O) groups excluding carboxylic acids is 1. The third kappa shape index (κ3) is 3.75. The molecule has 0 aliphatic carbocycles. The van der Waals surface area contributed by atoms with Gasteiger partial charge in [0.25, 0.3) is 0 Å². The van der Waals surface area contributed by atoms with Gasteiger partial charge in [0.1, 0.15) is 11.1 Å². The van der Waals surface area contributed by atoms with Crippen molar-refractivity contribution in [3.8, 4) is 5.88 Å². The number of ether oxygens (including phenoxy) is 2. The summed E-state index contributed by atoms with van der Waals surface area (Å²) in [7, 11) is 2.46. The molecule has 0 atom stereocenters. The number of halogens is 3. The Hall–Kier alpha value is -2.58. The van der Waals surface area contributed by atoms with Gasteiger partial charge in [-0.1, -0.05) is 0 Å². The van der Waals surface area contributed by atoms with Crippen molar-refractivity contribution >= 4 is 22.6 Å². The fourth-order valence-corrected chi connectivity index (χ4v) is 2.25. The van der Waals surface area contributed by atoms with Crippen molar-refractivity contribution in [1.29, 1.82) is 0 Å². The molecule has 0 saturated heterocycles. The van der Waals surface area contributed by atoms with E-state index in [2.05, 4.69) is 20.0 Å². The van der Waals surface area contributed by atoms with E-state index in [1.807, 2.05) is 0 Å². The first-order chi connectivity index (χ1) is 11.5. The van der Waals surface area contributed by atoms with Crippen molar-refractivity contribution in [2.24, 2.45) is 0 Å². The van der Waals surface area contributed by atoms with E-state index in [1.54, 1.807) is 13.8 Å². The van der Waals surface area contributed by atoms with E-state index in [0.29, 0.717) is 6.92 Å². The number of nitrogens with one attached hydrogen (secondary N) is 1. The lowest BCUT2D eigenvalue weighted by Gasteiger charge is -2.24. The van der Waals surface area contributed by atoms with Crippen LogP contribution < -0.4 is 10.1 Å². The van der Waals surface area contributed by atoms with Gasteiger partial charge in [0.05, 0.1) is 19.6 Å². The van der Waals surface area contributed by atoms with Crippen molar-refractivity contribution in [3.63, 3.8) is 0 Å². The number of methoxy groups -OCH3 is 2. The van der Waals surface area contributed by atoms with Crippen molar-refractivity contribution in [3.05, 3.63) is 23.8 Å². The molecule has 136 valence electrons. The summed E-state index contributed by atoms with van der Waals surface area (Å²) in [5.74, 6) is -5.80. The normalized spacial score (nSPS) is 12.2. The lowest BCUT2D eigenvalue weighted by molar-refractivity contribution is -0.144. The second-order valence-electron chi connectivity index (χ2n) is 6.04. The number of anilines is 1. The van der Waals surface area contributed by atoms with E-state index >= 15 is 0 Å². The maximum atomic E-state index is 14.4. The molecule has 0 bridgehead atoms. The summed E-state index contributed by atoms with van der Waals surface area (Å²) < 4.78 is 51.1. The molecule has 1 aromatic heterocycles. The minimum absolute atomic E-state index is 0.0960. The number of hydrogen-bond acceptors (Lipinski definition) is 6. The van der Waals surface area contributed by atoms with Gasteiger partial charge in [-0.3, -0.25) is 0 Å². The van der Waals surface area contributed by atoms with Crippen LogP contribution in [-0.2, 0) is 15.5 Å². The van der Waals surface area contributed by atoms with Crippen molar-refractivity contribution in [1.82, 2.24) is 9.97 Å². The molecule has 0 amide bonds. The van der Waals surface area contributed by atoms with Gasteiger partial charge in [-0.05, 0) is 26.0 Å². The predicted molar refractivity (Wildman–Crippen MR) is 85.3 cm³/mol. The molecule has 0 fully saturated rings. The van der Waals surface area contributed by atoms with Crippen LogP contribution in [0.2, 0.25) is 0 Å². The molecular formula is C16H18F3N3O3. The van der Waals surface area contributed by atoms with E-state index in [0.717, 1.165) is 6.07 Å². The highest BCUT2D eigenvalue weighted by Gasteiger charge is 2.32. The molecule has 0 aliphatic heterocycles. The molecule has 1 heterocycles. The Kier molecular flexibility index (Phi) is 4.79. The Morgan fingerprint density at radius 3 is 2.32 bits per heavy atom. The van der Waals surface area contributed by atoms with Crippen LogP contribution in [0.3, 0.4) is 0 Å². The first-order valence-electron chi connectivity index (χ1n) is 7.29. The molecule has 1 aromatic carbocycles. The Bertz CT molecular complexity index is 820. The zero-order valence-corrected chi connectivity index (χ0v) is 14.4. The van der Waals surface area contributed by atoms with Gasteiger partial charge in [0.15, 0.2) is 5.82 Å². The van der Waals surface area contributed by atoms with Crippen LogP contribution in [0.15, 0.2) is 12.1 Å². The van der Waals surface area contributed by atoms with Gasteiger partial charge in [0.2, 0.25) is 11.7 Å². The third-order valence-electron chi connectivity index (χ3n) is 3.46. The average molecular weight is 357 g/mol. The number of carbonyl (C=O) groups is 1. The molecule has 2 rings (SSSR count). The van der Waals surface area contributed by atoms with E-state index in [-0.39, 0.29) is 22.5 Å². The van der Waals surface area contributed by atoms with Crippen molar-refractivity contribution in [2.45, 2.75) is 32.2 Å². The first-order valence-corrected chi connectivity index (χ1v) is 7.29. The highest BCUT2D eigenvalue weighted by Crippen LogP contribution is 2.33. The van der Waals surface area contributed by atoms with Crippen LogP contribution >= 0.6 is 0 Å². The van der Waals surface area contributed by atoms with Crippen LogP contribution in [0.25, 0.3) is 10.9 Å².